The molecule has 1 aliphatic heterocycles. The Morgan fingerprint density at radius 2 is 2.20 bits per heavy atom. The Hall–Kier alpha value is -1.02. The SMILES string of the molecule is Cc1ccc2c(c1)C1CCCC(N)C1N2. The van der Waals surface area contributed by atoms with E-state index >= 15 is 0 Å². The molecule has 3 unspecified atom stereocenters. The molecule has 0 radical (unpaired) electrons. The summed E-state index contributed by atoms with van der Waals surface area (Å²) in [6, 6.07) is 7.52. The van der Waals surface area contributed by atoms with Crippen molar-refractivity contribution in [3.8, 4) is 0 Å². The largest absolute Gasteiger partial charge is 0.380 e. The van der Waals surface area contributed by atoms with Crippen LogP contribution in [0.4, 0.5) is 5.69 Å². The molecule has 3 N–H and O–H groups in total. The van der Waals surface area contributed by atoms with Crippen LogP contribution < -0.4 is 11.1 Å². The molecule has 15 heavy (non-hydrogen) atoms. The monoisotopic (exact) mass is 202 g/mol. The second-order valence-corrected chi connectivity index (χ2v) is 4.96. The van der Waals surface area contributed by atoms with Gasteiger partial charge >= 0.3 is 0 Å². The number of fused-ring (bicyclic) bond motifs is 3. The van der Waals surface area contributed by atoms with E-state index in [0.29, 0.717) is 18.0 Å². The molecule has 0 bridgehead atoms. The number of hydrogen-bond donors (Lipinski definition) is 2. The van der Waals surface area contributed by atoms with Gasteiger partial charge in [-0.1, -0.05) is 24.1 Å². The van der Waals surface area contributed by atoms with Crippen LogP contribution in [0.3, 0.4) is 0 Å². The quantitative estimate of drug-likeness (QED) is 0.678. The summed E-state index contributed by atoms with van der Waals surface area (Å²) in [7, 11) is 0. The van der Waals surface area contributed by atoms with Crippen LogP contribution in [0.25, 0.3) is 0 Å². The van der Waals surface area contributed by atoms with E-state index in [9.17, 15) is 0 Å². The summed E-state index contributed by atoms with van der Waals surface area (Å²) in [5.74, 6) is 0.656. The molecule has 1 fully saturated rings. The molecule has 1 aromatic carbocycles. The number of rotatable bonds is 0. The third-order valence-electron chi connectivity index (χ3n) is 3.88. The van der Waals surface area contributed by atoms with Crippen LogP contribution in [-0.4, -0.2) is 12.1 Å². The normalized spacial score (nSPS) is 33.1. The molecule has 2 aliphatic rings. The Morgan fingerprint density at radius 3 is 3.07 bits per heavy atom. The van der Waals surface area contributed by atoms with Gasteiger partial charge in [0.25, 0.3) is 0 Å². The number of aryl methyl sites for hydroxylation is 1. The molecular weight excluding hydrogens is 184 g/mol. The van der Waals surface area contributed by atoms with Gasteiger partial charge in [0.1, 0.15) is 0 Å². The smallest absolute Gasteiger partial charge is 0.0481 e. The molecular formula is C13H18N2. The van der Waals surface area contributed by atoms with Gasteiger partial charge in [-0.15, -0.1) is 0 Å². The number of nitrogens with one attached hydrogen (secondary N) is 1. The first-order valence-corrected chi connectivity index (χ1v) is 5.88. The second-order valence-electron chi connectivity index (χ2n) is 4.96. The van der Waals surface area contributed by atoms with Crippen LogP contribution in [0.2, 0.25) is 0 Å². The van der Waals surface area contributed by atoms with Crippen molar-refractivity contribution in [2.75, 3.05) is 5.32 Å². The summed E-state index contributed by atoms with van der Waals surface area (Å²) >= 11 is 0. The third-order valence-corrected chi connectivity index (χ3v) is 3.88. The van der Waals surface area contributed by atoms with Gasteiger partial charge in [0.05, 0.1) is 0 Å². The molecule has 2 nitrogen and oxygen atoms in total. The molecule has 2 heteroatoms. The Kier molecular flexibility index (Phi) is 1.99. The zero-order chi connectivity index (χ0) is 10.4. The van der Waals surface area contributed by atoms with Gasteiger partial charge in [-0.3, -0.25) is 0 Å². The van der Waals surface area contributed by atoms with E-state index in [-0.39, 0.29) is 0 Å². The first-order valence-electron chi connectivity index (χ1n) is 5.88. The van der Waals surface area contributed by atoms with E-state index in [1.54, 1.807) is 0 Å². The summed E-state index contributed by atoms with van der Waals surface area (Å²) < 4.78 is 0. The average molecular weight is 202 g/mol. The van der Waals surface area contributed by atoms with Gasteiger partial charge < -0.3 is 11.1 Å². The molecule has 0 amide bonds. The lowest BCUT2D eigenvalue weighted by Crippen LogP contribution is -2.43. The summed E-state index contributed by atoms with van der Waals surface area (Å²) in [6.07, 6.45) is 3.74. The fourth-order valence-electron chi connectivity index (χ4n) is 3.09. The van der Waals surface area contributed by atoms with E-state index in [0.717, 1.165) is 0 Å². The van der Waals surface area contributed by atoms with Crippen LogP contribution in [0, 0.1) is 6.92 Å². The van der Waals surface area contributed by atoms with Crippen molar-refractivity contribution in [2.24, 2.45) is 5.73 Å². The zero-order valence-electron chi connectivity index (χ0n) is 9.16. The second kappa shape index (κ2) is 3.24. The average Bonchev–Trinajstić information content (AvgIpc) is 2.58. The fraction of sp³-hybridized carbons (Fsp3) is 0.538. The van der Waals surface area contributed by atoms with Crippen LogP contribution in [0.15, 0.2) is 18.2 Å². The van der Waals surface area contributed by atoms with E-state index in [2.05, 4.69) is 30.4 Å². The molecule has 3 atom stereocenters. The minimum absolute atomic E-state index is 0.330. The Morgan fingerprint density at radius 1 is 1.33 bits per heavy atom. The fourth-order valence-corrected chi connectivity index (χ4v) is 3.09. The summed E-state index contributed by atoms with van der Waals surface area (Å²) in [5, 5.41) is 3.59. The number of nitrogens with two attached hydrogens (primary N) is 1. The summed E-state index contributed by atoms with van der Waals surface area (Å²) in [6.45, 7) is 2.16. The topological polar surface area (TPSA) is 38.0 Å². The van der Waals surface area contributed by atoms with Crippen LogP contribution in [0.5, 0.6) is 0 Å². The molecule has 1 aromatic rings. The highest BCUT2D eigenvalue weighted by Gasteiger charge is 2.38. The van der Waals surface area contributed by atoms with Gasteiger partial charge in [0, 0.05) is 23.7 Å². The maximum absolute atomic E-state index is 6.17. The van der Waals surface area contributed by atoms with Gasteiger partial charge in [-0.05, 0) is 31.4 Å². The van der Waals surface area contributed by atoms with E-state index in [4.69, 9.17) is 5.73 Å². The van der Waals surface area contributed by atoms with E-state index < -0.39 is 0 Å². The Labute approximate surface area is 90.9 Å². The first kappa shape index (κ1) is 9.22. The van der Waals surface area contributed by atoms with Crippen molar-refractivity contribution in [2.45, 2.75) is 44.2 Å². The van der Waals surface area contributed by atoms with Crippen molar-refractivity contribution >= 4 is 5.69 Å². The Bertz CT molecular complexity index is 386. The van der Waals surface area contributed by atoms with Crippen molar-refractivity contribution in [3.63, 3.8) is 0 Å². The summed E-state index contributed by atoms with van der Waals surface area (Å²) in [5.41, 5.74) is 10.3. The predicted molar refractivity (Wildman–Crippen MR) is 63.2 cm³/mol. The Balaban J connectivity index is 2.01. The van der Waals surface area contributed by atoms with Gasteiger partial charge in [-0.2, -0.15) is 0 Å². The molecule has 1 heterocycles. The highest BCUT2D eigenvalue weighted by Crippen LogP contribution is 2.43. The maximum atomic E-state index is 6.17. The van der Waals surface area contributed by atoms with Crippen LogP contribution in [0.1, 0.15) is 36.3 Å². The minimum atomic E-state index is 0.330. The van der Waals surface area contributed by atoms with Gasteiger partial charge in [-0.25, -0.2) is 0 Å². The van der Waals surface area contributed by atoms with E-state index in [1.807, 2.05) is 0 Å². The van der Waals surface area contributed by atoms with Crippen molar-refractivity contribution in [1.82, 2.24) is 0 Å². The van der Waals surface area contributed by atoms with Gasteiger partial charge in [0.15, 0.2) is 0 Å². The lowest BCUT2D eigenvalue weighted by Gasteiger charge is -2.31. The summed E-state index contributed by atoms with van der Waals surface area (Å²) in [4.78, 5) is 0. The maximum Gasteiger partial charge on any atom is 0.0481 e. The molecule has 0 spiro atoms. The molecule has 1 saturated carbocycles. The number of benzene rings is 1. The minimum Gasteiger partial charge on any atom is -0.380 e. The van der Waals surface area contributed by atoms with Crippen LogP contribution >= 0.6 is 0 Å². The standard InChI is InChI=1S/C13H18N2/c1-8-5-6-12-10(7-8)9-3-2-4-11(14)13(9)15-12/h5-7,9,11,13,15H,2-4,14H2,1H3. The molecule has 1 aliphatic carbocycles. The van der Waals surface area contributed by atoms with E-state index in [1.165, 1.54) is 36.1 Å². The van der Waals surface area contributed by atoms with Gasteiger partial charge in [0.2, 0.25) is 0 Å². The highest BCUT2D eigenvalue weighted by atomic mass is 15.0. The predicted octanol–water partition coefficient (Wildman–Crippen LogP) is 2.38. The molecule has 80 valence electrons. The number of anilines is 1. The lowest BCUT2D eigenvalue weighted by molar-refractivity contribution is 0.372. The highest BCUT2D eigenvalue weighted by molar-refractivity contribution is 5.61. The number of hydrogen-bond acceptors (Lipinski definition) is 2. The van der Waals surface area contributed by atoms with Crippen molar-refractivity contribution < 1.29 is 0 Å². The van der Waals surface area contributed by atoms with Crippen molar-refractivity contribution in [1.29, 1.82) is 0 Å². The lowest BCUT2D eigenvalue weighted by atomic mass is 9.80. The molecule has 0 aromatic heterocycles. The third kappa shape index (κ3) is 1.36. The zero-order valence-corrected chi connectivity index (χ0v) is 9.16. The van der Waals surface area contributed by atoms with Crippen molar-refractivity contribution in [3.05, 3.63) is 29.3 Å². The van der Waals surface area contributed by atoms with Crippen LogP contribution in [-0.2, 0) is 0 Å². The molecule has 0 saturated heterocycles. The first-order chi connectivity index (χ1) is 7.25. The molecule has 3 rings (SSSR count).